The number of hydrogen-bond donors (Lipinski definition) is 0. The van der Waals surface area contributed by atoms with E-state index in [-0.39, 0.29) is 24.8 Å². The zero-order valence-electron chi connectivity index (χ0n) is 20.4. The molecule has 0 atom stereocenters. The number of unbranched alkanes of at least 4 members (excludes halogenated alkanes) is 10. The molecule has 0 aliphatic heterocycles. The Kier molecular flexibility index (Phi) is 23.0. The molecule has 2 aliphatic rings. The quantitative estimate of drug-likeness (QED) is 0.228. The summed E-state index contributed by atoms with van der Waals surface area (Å²) in [5.74, 6) is 0. The van der Waals surface area contributed by atoms with E-state index in [1.165, 1.54) is 114 Å². The zero-order valence-corrected chi connectivity index (χ0v) is 22.1. The second-order valence-electron chi connectivity index (χ2n) is 8.98. The third-order valence-corrected chi connectivity index (χ3v) is 5.87. The molecule has 0 spiro atoms. The Morgan fingerprint density at radius 1 is 0.533 bits per heavy atom. The van der Waals surface area contributed by atoms with Gasteiger partial charge in [-0.25, -0.2) is 0 Å². The molecule has 0 heterocycles. The fraction of sp³-hybridized carbons (Fsp3) is 0.714. The monoisotopic (exact) mass is 456 g/mol. The Bertz CT molecular complexity index is 475. The molecule has 0 aromatic carbocycles. The molecule has 0 radical (unpaired) electrons. The molecule has 0 unspecified atom stereocenters. The number of allylic oxidation sites excluding steroid dienone is 8. The van der Waals surface area contributed by atoms with Crippen LogP contribution in [0.25, 0.3) is 0 Å². The van der Waals surface area contributed by atoms with Crippen molar-refractivity contribution in [1.82, 2.24) is 0 Å². The van der Waals surface area contributed by atoms with Gasteiger partial charge in [0.15, 0.2) is 0 Å². The molecule has 2 heteroatoms. The van der Waals surface area contributed by atoms with E-state index in [0.29, 0.717) is 0 Å². The highest BCUT2D eigenvalue weighted by atomic mass is 35.5. The lowest BCUT2D eigenvalue weighted by Gasteiger charge is -2.00. The van der Waals surface area contributed by atoms with Gasteiger partial charge >= 0.3 is 0 Å². The summed E-state index contributed by atoms with van der Waals surface area (Å²) < 4.78 is 0. The highest BCUT2D eigenvalue weighted by molar-refractivity contribution is 5.85. The summed E-state index contributed by atoms with van der Waals surface area (Å²) in [7, 11) is 0. The molecule has 0 saturated heterocycles. The summed E-state index contributed by atoms with van der Waals surface area (Å²) in [6, 6.07) is 0. The smallest absolute Gasteiger partial charge is 0.0133 e. The molecule has 0 aromatic rings. The van der Waals surface area contributed by atoms with Crippen LogP contribution in [0, 0.1) is 0 Å². The van der Waals surface area contributed by atoms with E-state index in [4.69, 9.17) is 0 Å². The van der Waals surface area contributed by atoms with Crippen LogP contribution < -0.4 is 0 Å². The minimum Gasteiger partial charge on any atom is -0.147 e. The SMILES string of the molecule is CCCCCCCCC1=CCC(C)=C1.CCCCCCCCC1=CCC(C)=C1.Cl.Cl. The lowest BCUT2D eigenvalue weighted by atomic mass is 10.1. The Morgan fingerprint density at radius 3 is 1.17 bits per heavy atom. The van der Waals surface area contributed by atoms with Gasteiger partial charge in [-0.05, 0) is 52.4 Å². The predicted octanol–water partition coefficient (Wildman–Crippen LogP) is 10.9. The van der Waals surface area contributed by atoms with Crippen molar-refractivity contribution in [1.29, 1.82) is 0 Å². The first-order valence-corrected chi connectivity index (χ1v) is 12.4. The second kappa shape index (κ2) is 21.8. The van der Waals surface area contributed by atoms with Gasteiger partial charge in [0.1, 0.15) is 0 Å². The summed E-state index contributed by atoms with van der Waals surface area (Å²) in [5, 5.41) is 0. The van der Waals surface area contributed by atoms with Crippen LogP contribution in [0.3, 0.4) is 0 Å². The summed E-state index contributed by atoms with van der Waals surface area (Å²) >= 11 is 0. The number of rotatable bonds is 14. The molecule has 0 nitrogen and oxygen atoms in total. The molecule has 0 saturated carbocycles. The van der Waals surface area contributed by atoms with Crippen molar-refractivity contribution in [3.05, 3.63) is 46.6 Å². The van der Waals surface area contributed by atoms with Crippen LogP contribution in [0.2, 0.25) is 0 Å². The number of hydrogen-bond acceptors (Lipinski definition) is 0. The van der Waals surface area contributed by atoms with E-state index in [2.05, 4.69) is 52.0 Å². The lowest BCUT2D eigenvalue weighted by molar-refractivity contribution is 0.608. The van der Waals surface area contributed by atoms with Gasteiger partial charge in [0, 0.05) is 0 Å². The third kappa shape index (κ3) is 17.2. The fourth-order valence-corrected chi connectivity index (χ4v) is 4.02. The molecule has 0 aromatic heterocycles. The average Bonchev–Trinajstić information content (AvgIpc) is 3.29. The Balaban J connectivity index is 0. The minimum atomic E-state index is 0. The van der Waals surface area contributed by atoms with Crippen molar-refractivity contribution >= 4 is 24.8 Å². The normalized spacial score (nSPS) is 14.5. The third-order valence-electron chi connectivity index (χ3n) is 5.87. The van der Waals surface area contributed by atoms with E-state index in [9.17, 15) is 0 Å². The largest absolute Gasteiger partial charge is 0.147 e. The van der Waals surface area contributed by atoms with E-state index in [0.717, 1.165) is 0 Å². The number of halogens is 2. The van der Waals surface area contributed by atoms with Crippen LogP contribution in [-0.2, 0) is 0 Å². The van der Waals surface area contributed by atoms with Gasteiger partial charge in [0.2, 0.25) is 0 Å². The standard InChI is InChI=1S/2C14H24.2ClH/c2*1-3-4-5-6-7-8-9-14-11-10-13(2)12-14;;/h2*11-12H,3-10H2,1-2H3;2*1H. The van der Waals surface area contributed by atoms with Crippen molar-refractivity contribution in [3.63, 3.8) is 0 Å². The first kappa shape index (κ1) is 31.7. The Hall–Kier alpha value is -0.460. The van der Waals surface area contributed by atoms with Crippen LogP contribution in [0.4, 0.5) is 0 Å². The first-order chi connectivity index (χ1) is 13.7. The van der Waals surface area contributed by atoms with Crippen LogP contribution in [0.15, 0.2) is 46.6 Å². The summed E-state index contributed by atoms with van der Waals surface area (Å²) in [6.45, 7) is 9.00. The maximum atomic E-state index is 2.39. The minimum absolute atomic E-state index is 0. The van der Waals surface area contributed by atoms with Gasteiger partial charge in [-0.15, -0.1) is 24.8 Å². The topological polar surface area (TPSA) is 0 Å². The van der Waals surface area contributed by atoms with Crippen molar-refractivity contribution in [3.8, 4) is 0 Å². The van der Waals surface area contributed by atoms with E-state index in [1.54, 1.807) is 11.1 Å². The van der Waals surface area contributed by atoms with Gasteiger partial charge in [-0.2, -0.15) is 0 Å². The zero-order chi connectivity index (χ0) is 20.5. The van der Waals surface area contributed by atoms with E-state index in [1.807, 2.05) is 0 Å². The maximum absolute atomic E-state index is 2.39. The van der Waals surface area contributed by atoms with Crippen LogP contribution in [0.5, 0.6) is 0 Å². The summed E-state index contributed by atoms with van der Waals surface area (Å²) in [5.41, 5.74) is 6.23. The van der Waals surface area contributed by atoms with Gasteiger partial charge in [-0.3, -0.25) is 0 Å². The summed E-state index contributed by atoms with van der Waals surface area (Å²) in [4.78, 5) is 0. The molecular formula is C28H50Cl2. The highest BCUT2D eigenvalue weighted by Gasteiger charge is 2.02. The molecule has 2 aliphatic carbocycles. The fourth-order valence-electron chi connectivity index (χ4n) is 4.02. The average molecular weight is 458 g/mol. The molecule has 30 heavy (non-hydrogen) atoms. The molecule has 2 rings (SSSR count). The van der Waals surface area contributed by atoms with Gasteiger partial charge in [-0.1, -0.05) is 125 Å². The van der Waals surface area contributed by atoms with Gasteiger partial charge in [0.25, 0.3) is 0 Å². The molecule has 0 bridgehead atoms. The predicted molar refractivity (Wildman–Crippen MR) is 143 cm³/mol. The molecule has 176 valence electrons. The van der Waals surface area contributed by atoms with Gasteiger partial charge < -0.3 is 0 Å². The van der Waals surface area contributed by atoms with Crippen LogP contribution >= 0.6 is 24.8 Å². The molecule has 0 amide bonds. The van der Waals surface area contributed by atoms with Crippen molar-refractivity contribution < 1.29 is 0 Å². The highest BCUT2D eigenvalue weighted by Crippen LogP contribution is 2.22. The van der Waals surface area contributed by atoms with Crippen molar-refractivity contribution in [2.75, 3.05) is 0 Å². The molecule has 0 N–H and O–H groups in total. The maximum Gasteiger partial charge on any atom is -0.0133 e. The second-order valence-corrected chi connectivity index (χ2v) is 8.98. The molecular weight excluding hydrogens is 407 g/mol. The van der Waals surface area contributed by atoms with Crippen molar-refractivity contribution in [2.45, 2.75) is 130 Å². The Labute approximate surface area is 201 Å². The lowest BCUT2D eigenvalue weighted by Crippen LogP contribution is -1.80. The summed E-state index contributed by atoms with van der Waals surface area (Å²) in [6.07, 6.45) is 31.4. The Morgan fingerprint density at radius 2 is 0.867 bits per heavy atom. The first-order valence-electron chi connectivity index (χ1n) is 12.4. The van der Waals surface area contributed by atoms with Gasteiger partial charge in [0.05, 0.1) is 0 Å². The molecule has 0 fully saturated rings. The van der Waals surface area contributed by atoms with E-state index >= 15 is 0 Å². The van der Waals surface area contributed by atoms with Crippen LogP contribution in [-0.4, -0.2) is 0 Å². The van der Waals surface area contributed by atoms with Crippen LogP contribution in [0.1, 0.15) is 130 Å². The van der Waals surface area contributed by atoms with E-state index < -0.39 is 0 Å². The van der Waals surface area contributed by atoms with Crippen molar-refractivity contribution in [2.24, 2.45) is 0 Å².